The van der Waals surface area contributed by atoms with Gasteiger partial charge in [-0.05, 0) is 41.3 Å². The van der Waals surface area contributed by atoms with E-state index in [0.29, 0.717) is 31.0 Å². The zero-order valence-corrected chi connectivity index (χ0v) is 18.1. The normalized spacial score (nSPS) is 12.6. The molecular weight excluding hydrogens is 388 g/mol. The van der Waals surface area contributed by atoms with Gasteiger partial charge in [0.15, 0.2) is 0 Å². The van der Waals surface area contributed by atoms with Gasteiger partial charge in [0, 0.05) is 43.6 Å². The number of anilines is 1. The van der Waals surface area contributed by atoms with Crippen LogP contribution in [0, 0.1) is 0 Å². The van der Waals surface area contributed by atoms with Gasteiger partial charge in [-0.1, -0.05) is 48.5 Å². The number of fused-ring (bicyclic) bond motifs is 1. The lowest BCUT2D eigenvalue weighted by atomic mass is 9.98. The highest BCUT2D eigenvalue weighted by molar-refractivity contribution is 6.08. The van der Waals surface area contributed by atoms with E-state index in [9.17, 15) is 4.79 Å². The van der Waals surface area contributed by atoms with Gasteiger partial charge in [0.1, 0.15) is 5.75 Å². The molecule has 3 aromatic rings. The fourth-order valence-electron chi connectivity index (χ4n) is 4.11. The van der Waals surface area contributed by atoms with E-state index in [1.807, 2.05) is 53.4 Å². The number of ether oxygens (including phenoxy) is 2. The molecule has 0 aromatic heterocycles. The van der Waals surface area contributed by atoms with Crippen molar-refractivity contribution in [3.05, 3.63) is 83.4 Å². The average molecular weight is 417 g/mol. The Morgan fingerprint density at radius 2 is 1.87 bits per heavy atom. The number of carbonyl (C=O) groups is 1. The van der Waals surface area contributed by atoms with Crippen molar-refractivity contribution in [1.82, 2.24) is 5.32 Å². The van der Waals surface area contributed by atoms with Crippen LogP contribution < -0.4 is 15.0 Å². The molecular formula is C26H28N2O3. The van der Waals surface area contributed by atoms with Crippen LogP contribution >= 0.6 is 0 Å². The number of benzene rings is 3. The molecule has 3 aromatic carbocycles. The van der Waals surface area contributed by atoms with Gasteiger partial charge in [0.05, 0.1) is 13.7 Å². The van der Waals surface area contributed by atoms with Crippen LogP contribution in [0.3, 0.4) is 0 Å². The molecule has 0 atom stereocenters. The molecule has 5 nitrogen and oxygen atoms in total. The number of hydrogen-bond donors (Lipinski definition) is 1. The Balaban J connectivity index is 1.57. The molecule has 1 aliphatic heterocycles. The standard InChI is InChI=1S/C26H28N2O3/c1-30-16-14-27-18-21-12-11-20(17-25(21)31-2)26(29)28-15-13-23-22(9-6-10-24(23)28)19-7-4-3-5-8-19/h3-12,17,27H,13-16,18H2,1-2H3. The quantitative estimate of drug-likeness (QED) is 0.556. The molecule has 1 heterocycles. The minimum atomic E-state index is 0.00107. The Bertz CT molecular complexity index is 1050. The first-order valence-corrected chi connectivity index (χ1v) is 10.6. The van der Waals surface area contributed by atoms with Gasteiger partial charge in [0.25, 0.3) is 5.91 Å². The SMILES string of the molecule is COCCNCc1ccc(C(=O)N2CCc3c(-c4ccccc4)cccc32)cc1OC. The van der Waals surface area contributed by atoms with Crippen LogP contribution in [-0.4, -0.2) is 39.8 Å². The summed E-state index contributed by atoms with van der Waals surface area (Å²) in [6.45, 7) is 2.75. The molecule has 0 unspecified atom stereocenters. The second-order valence-electron chi connectivity index (χ2n) is 7.57. The molecule has 31 heavy (non-hydrogen) atoms. The van der Waals surface area contributed by atoms with E-state index in [0.717, 1.165) is 24.2 Å². The van der Waals surface area contributed by atoms with Gasteiger partial charge >= 0.3 is 0 Å². The number of methoxy groups -OCH3 is 2. The molecule has 0 fully saturated rings. The van der Waals surface area contributed by atoms with Crippen LogP contribution in [0.2, 0.25) is 0 Å². The molecule has 1 N–H and O–H groups in total. The first kappa shape index (κ1) is 21.1. The number of nitrogens with one attached hydrogen (secondary N) is 1. The van der Waals surface area contributed by atoms with Crippen molar-refractivity contribution in [2.75, 3.05) is 38.8 Å². The number of nitrogens with zero attached hydrogens (tertiary/aromatic N) is 1. The number of carbonyl (C=O) groups excluding carboxylic acids is 1. The summed E-state index contributed by atoms with van der Waals surface area (Å²) in [4.78, 5) is 15.3. The van der Waals surface area contributed by atoms with Gasteiger partial charge in [0.2, 0.25) is 0 Å². The summed E-state index contributed by atoms with van der Waals surface area (Å²) < 4.78 is 10.6. The second kappa shape index (κ2) is 9.77. The van der Waals surface area contributed by atoms with Crippen LogP contribution in [0.25, 0.3) is 11.1 Å². The largest absolute Gasteiger partial charge is 0.496 e. The zero-order chi connectivity index (χ0) is 21.6. The summed E-state index contributed by atoms with van der Waals surface area (Å²) in [5.74, 6) is 0.717. The second-order valence-corrected chi connectivity index (χ2v) is 7.57. The summed E-state index contributed by atoms with van der Waals surface area (Å²) in [6.07, 6.45) is 0.852. The van der Waals surface area contributed by atoms with Crippen molar-refractivity contribution in [1.29, 1.82) is 0 Å². The van der Waals surface area contributed by atoms with Crippen molar-refractivity contribution in [2.24, 2.45) is 0 Å². The van der Waals surface area contributed by atoms with Gasteiger partial charge in [-0.25, -0.2) is 0 Å². The highest BCUT2D eigenvalue weighted by atomic mass is 16.5. The lowest BCUT2D eigenvalue weighted by molar-refractivity contribution is 0.0989. The molecule has 1 aliphatic rings. The maximum absolute atomic E-state index is 13.4. The van der Waals surface area contributed by atoms with Gasteiger partial charge < -0.3 is 19.7 Å². The summed E-state index contributed by atoms with van der Waals surface area (Å²) in [5, 5.41) is 3.32. The third kappa shape index (κ3) is 4.48. The third-order valence-electron chi connectivity index (χ3n) is 5.69. The van der Waals surface area contributed by atoms with E-state index in [2.05, 4.69) is 23.5 Å². The van der Waals surface area contributed by atoms with Crippen LogP contribution in [0.5, 0.6) is 5.75 Å². The molecule has 0 saturated carbocycles. The average Bonchev–Trinajstić information content (AvgIpc) is 3.26. The monoisotopic (exact) mass is 416 g/mol. The molecule has 4 rings (SSSR count). The van der Waals surface area contributed by atoms with Crippen LogP contribution in [0.15, 0.2) is 66.7 Å². The molecule has 0 aliphatic carbocycles. The molecule has 1 amide bonds. The van der Waals surface area contributed by atoms with Crippen molar-refractivity contribution >= 4 is 11.6 Å². The predicted molar refractivity (Wildman–Crippen MR) is 124 cm³/mol. The number of rotatable bonds is 8. The van der Waals surface area contributed by atoms with E-state index in [1.165, 1.54) is 16.7 Å². The first-order chi connectivity index (χ1) is 15.2. The van der Waals surface area contributed by atoms with Crippen molar-refractivity contribution in [3.63, 3.8) is 0 Å². The lowest BCUT2D eigenvalue weighted by Gasteiger charge is -2.19. The molecule has 5 heteroatoms. The van der Waals surface area contributed by atoms with Crippen molar-refractivity contribution in [2.45, 2.75) is 13.0 Å². The first-order valence-electron chi connectivity index (χ1n) is 10.6. The summed E-state index contributed by atoms with van der Waals surface area (Å²) >= 11 is 0. The van der Waals surface area contributed by atoms with E-state index >= 15 is 0 Å². The number of amides is 1. The van der Waals surface area contributed by atoms with Gasteiger partial charge in [-0.2, -0.15) is 0 Å². The predicted octanol–water partition coefficient (Wildman–Crippen LogP) is 4.30. The fraction of sp³-hybridized carbons (Fsp3) is 0.269. The molecule has 0 spiro atoms. The minimum absolute atomic E-state index is 0.00107. The minimum Gasteiger partial charge on any atom is -0.496 e. The highest BCUT2D eigenvalue weighted by Gasteiger charge is 2.28. The van der Waals surface area contributed by atoms with E-state index < -0.39 is 0 Å². The van der Waals surface area contributed by atoms with E-state index in [4.69, 9.17) is 9.47 Å². The van der Waals surface area contributed by atoms with Gasteiger partial charge in [-0.15, -0.1) is 0 Å². The maximum atomic E-state index is 13.4. The molecule has 0 bridgehead atoms. The van der Waals surface area contributed by atoms with Crippen LogP contribution in [-0.2, 0) is 17.7 Å². The summed E-state index contributed by atoms with van der Waals surface area (Å²) in [5.41, 5.74) is 6.26. The fourth-order valence-corrected chi connectivity index (χ4v) is 4.11. The number of hydrogen-bond acceptors (Lipinski definition) is 4. The van der Waals surface area contributed by atoms with Crippen LogP contribution in [0.1, 0.15) is 21.5 Å². The lowest BCUT2D eigenvalue weighted by Crippen LogP contribution is -2.29. The Morgan fingerprint density at radius 1 is 1.03 bits per heavy atom. The summed E-state index contributed by atoms with van der Waals surface area (Å²) in [7, 11) is 3.32. The van der Waals surface area contributed by atoms with Gasteiger partial charge in [-0.3, -0.25) is 4.79 Å². The molecule has 160 valence electrons. The summed E-state index contributed by atoms with van der Waals surface area (Å²) in [6, 6.07) is 22.2. The third-order valence-corrected chi connectivity index (χ3v) is 5.69. The maximum Gasteiger partial charge on any atom is 0.258 e. The van der Waals surface area contributed by atoms with Crippen molar-refractivity contribution < 1.29 is 14.3 Å². The van der Waals surface area contributed by atoms with E-state index in [1.54, 1.807) is 14.2 Å². The topological polar surface area (TPSA) is 50.8 Å². The Morgan fingerprint density at radius 3 is 2.65 bits per heavy atom. The molecule has 0 saturated heterocycles. The smallest absolute Gasteiger partial charge is 0.258 e. The Kier molecular flexibility index (Phi) is 6.65. The van der Waals surface area contributed by atoms with Crippen LogP contribution in [0.4, 0.5) is 5.69 Å². The van der Waals surface area contributed by atoms with Crippen molar-refractivity contribution in [3.8, 4) is 16.9 Å². The molecule has 0 radical (unpaired) electrons. The zero-order valence-electron chi connectivity index (χ0n) is 18.1. The Labute approximate surface area is 183 Å². The Hall–Kier alpha value is -3.15. The van der Waals surface area contributed by atoms with E-state index in [-0.39, 0.29) is 5.91 Å². The highest BCUT2D eigenvalue weighted by Crippen LogP contribution is 2.37.